The van der Waals surface area contributed by atoms with E-state index in [0.29, 0.717) is 0 Å². The monoisotopic (exact) mass is 162 g/mol. The van der Waals surface area contributed by atoms with Gasteiger partial charge in [0, 0.05) is 0 Å². The van der Waals surface area contributed by atoms with Crippen LogP contribution in [-0.4, -0.2) is 5.60 Å². The largest absolute Gasteiger partial charge is 0.488 e. The van der Waals surface area contributed by atoms with E-state index < -0.39 is 0 Å². The van der Waals surface area contributed by atoms with Gasteiger partial charge in [-0.2, -0.15) is 0 Å². The second-order valence-electron chi connectivity index (χ2n) is 3.97. The highest BCUT2D eigenvalue weighted by Gasteiger charge is 2.25. The van der Waals surface area contributed by atoms with Crippen LogP contribution in [0.4, 0.5) is 0 Å². The summed E-state index contributed by atoms with van der Waals surface area (Å²) in [5, 5.41) is 0. The highest BCUT2D eigenvalue weighted by Crippen LogP contribution is 2.32. The normalized spacial score (nSPS) is 19.5. The molecule has 0 fully saturated rings. The topological polar surface area (TPSA) is 9.23 Å². The van der Waals surface area contributed by atoms with Crippen molar-refractivity contribution in [2.75, 3.05) is 0 Å². The van der Waals surface area contributed by atoms with Crippen molar-refractivity contribution < 1.29 is 4.74 Å². The van der Waals surface area contributed by atoms with Gasteiger partial charge in [0.2, 0.25) is 0 Å². The third kappa shape index (κ3) is 1.31. The van der Waals surface area contributed by atoms with Crippen molar-refractivity contribution in [2.45, 2.75) is 32.3 Å². The minimum absolute atomic E-state index is 0.0222. The van der Waals surface area contributed by atoms with E-state index in [0.717, 1.165) is 18.6 Å². The number of para-hydroxylation sites is 1. The maximum Gasteiger partial charge on any atom is 0.123 e. The molecule has 0 spiro atoms. The van der Waals surface area contributed by atoms with E-state index in [1.54, 1.807) is 0 Å². The number of ether oxygens (including phenoxy) is 1. The van der Waals surface area contributed by atoms with Gasteiger partial charge in [-0.3, -0.25) is 0 Å². The molecule has 0 bridgehead atoms. The van der Waals surface area contributed by atoms with Crippen LogP contribution in [0.3, 0.4) is 0 Å². The van der Waals surface area contributed by atoms with Gasteiger partial charge in [0.05, 0.1) is 0 Å². The first-order valence-electron chi connectivity index (χ1n) is 4.44. The van der Waals surface area contributed by atoms with Gasteiger partial charge in [0.25, 0.3) is 0 Å². The predicted molar refractivity (Wildman–Crippen MR) is 49.5 cm³/mol. The fourth-order valence-corrected chi connectivity index (χ4v) is 1.59. The van der Waals surface area contributed by atoms with E-state index in [9.17, 15) is 0 Å². The lowest BCUT2D eigenvalue weighted by molar-refractivity contribution is 0.0847. The Morgan fingerprint density at radius 1 is 1.25 bits per heavy atom. The summed E-state index contributed by atoms with van der Waals surface area (Å²) in [7, 11) is 0. The van der Waals surface area contributed by atoms with Crippen molar-refractivity contribution in [3.05, 3.63) is 29.8 Å². The molecule has 0 aromatic heterocycles. The van der Waals surface area contributed by atoms with Gasteiger partial charge < -0.3 is 4.74 Å². The van der Waals surface area contributed by atoms with Crippen LogP contribution in [0.2, 0.25) is 0 Å². The predicted octanol–water partition coefficient (Wildman–Crippen LogP) is 2.79. The van der Waals surface area contributed by atoms with Crippen LogP contribution in [0, 0.1) is 0 Å². The molecule has 1 heteroatoms. The van der Waals surface area contributed by atoms with Gasteiger partial charge in [-0.25, -0.2) is 0 Å². The third-order valence-electron chi connectivity index (χ3n) is 2.36. The molecule has 0 amide bonds. The first kappa shape index (κ1) is 7.66. The van der Waals surface area contributed by atoms with Crippen LogP contribution in [0.5, 0.6) is 5.75 Å². The van der Waals surface area contributed by atoms with Gasteiger partial charge in [-0.15, -0.1) is 0 Å². The number of benzene rings is 1. The standard InChI is InChI=1S/C11H14O/c1-11(2)8-7-9-5-3-4-6-10(9)12-11/h3-6H,7-8H2,1-2H3. The summed E-state index contributed by atoms with van der Waals surface area (Å²) in [6, 6.07) is 8.29. The Balaban J connectivity index is 2.35. The zero-order valence-corrected chi connectivity index (χ0v) is 7.63. The minimum Gasteiger partial charge on any atom is -0.488 e. The van der Waals surface area contributed by atoms with Crippen LogP contribution in [0.15, 0.2) is 24.3 Å². The summed E-state index contributed by atoms with van der Waals surface area (Å²) < 4.78 is 5.82. The molecule has 0 N–H and O–H groups in total. The number of fused-ring (bicyclic) bond motifs is 1. The Morgan fingerprint density at radius 2 is 2.00 bits per heavy atom. The Morgan fingerprint density at radius 3 is 2.83 bits per heavy atom. The Bertz CT molecular complexity index is 289. The van der Waals surface area contributed by atoms with Crippen LogP contribution in [-0.2, 0) is 6.42 Å². The summed E-state index contributed by atoms with van der Waals surface area (Å²) >= 11 is 0. The molecule has 1 heterocycles. The summed E-state index contributed by atoms with van der Waals surface area (Å²) in [4.78, 5) is 0. The first-order chi connectivity index (χ1) is 5.67. The van der Waals surface area contributed by atoms with Crippen molar-refractivity contribution in [1.29, 1.82) is 0 Å². The Kier molecular flexibility index (Phi) is 1.60. The molecule has 1 aliphatic rings. The average Bonchev–Trinajstić information content (AvgIpc) is 2.02. The van der Waals surface area contributed by atoms with Gasteiger partial charge in [-0.1, -0.05) is 18.2 Å². The highest BCUT2D eigenvalue weighted by atomic mass is 16.5. The van der Waals surface area contributed by atoms with E-state index in [1.807, 2.05) is 6.07 Å². The van der Waals surface area contributed by atoms with Crippen molar-refractivity contribution in [2.24, 2.45) is 0 Å². The molecule has 0 aliphatic carbocycles. The maximum absolute atomic E-state index is 5.82. The Labute approximate surface area is 73.4 Å². The second kappa shape index (κ2) is 2.51. The zero-order chi connectivity index (χ0) is 8.60. The molecule has 12 heavy (non-hydrogen) atoms. The number of aryl methyl sites for hydroxylation is 1. The van der Waals surface area contributed by atoms with Gasteiger partial charge in [0.1, 0.15) is 11.4 Å². The van der Waals surface area contributed by atoms with E-state index in [4.69, 9.17) is 4.74 Å². The van der Waals surface area contributed by atoms with Crippen LogP contribution in [0.1, 0.15) is 25.8 Å². The SMILES string of the molecule is CC1(C)CCc2ccccc2O1. The first-order valence-corrected chi connectivity index (χ1v) is 4.44. The summed E-state index contributed by atoms with van der Waals surface area (Å²) in [5.74, 6) is 1.06. The number of hydrogen-bond donors (Lipinski definition) is 0. The van der Waals surface area contributed by atoms with Gasteiger partial charge >= 0.3 is 0 Å². The number of rotatable bonds is 0. The maximum atomic E-state index is 5.82. The highest BCUT2D eigenvalue weighted by molar-refractivity contribution is 5.35. The molecule has 0 radical (unpaired) electrons. The molecule has 2 rings (SSSR count). The minimum atomic E-state index is 0.0222. The third-order valence-corrected chi connectivity index (χ3v) is 2.36. The van der Waals surface area contributed by atoms with E-state index in [2.05, 4.69) is 32.0 Å². The smallest absolute Gasteiger partial charge is 0.123 e. The van der Waals surface area contributed by atoms with Crippen LogP contribution in [0.25, 0.3) is 0 Å². The zero-order valence-electron chi connectivity index (χ0n) is 7.63. The van der Waals surface area contributed by atoms with Gasteiger partial charge in [-0.05, 0) is 38.3 Å². The molecule has 0 saturated carbocycles. The summed E-state index contributed by atoms with van der Waals surface area (Å²) in [5.41, 5.74) is 1.37. The van der Waals surface area contributed by atoms with Crippen molar-refractivity contribution >= 4 is 0 Å². The van der Waals surface area contributed by atoms with E-state index >= 15 is 0 Å². The molecule has 1 aliphatic heterocycles. The van der Waals surface area contributed by atoms with Crippen molar-refractivity contribution in [3.63, 3.8) is 0 Å². The fourth-order valence-electron chi connectivity index (χ4n) is 1.59. The van der Waals surface area contributed by atoms with Crippen molar-refractivity contribution in [1.82, 2.24) is 0 Å². The summed E-state index contributed by atoms with van der Waals surface area (Å²) in [6.07, 6.45) is 2.26. The second-order valence-corrected chi connectivity index (χ2v) is 3.97. The molecule has 0 unspecified atom stereocenters. The van der Waals surface area contributed by atoms with Crippen molar-refractivity contribution in [3.8, 4) is 5.75 Å². The lowest BCUT2D eigenvalue weighted by Crippen LogP contribution is -2.32. The molecule has 1 nitrogen and oxygen atoms in total. The summed E-state index contributed by atoms with van der Waals surface area (Å²) in [6.45, 7) is 4.28. The molecule has 0 saturated heterocycles. The van der Waals surface area contributed by atoms with Crippen LogP contribution >= 0.6 is 0 Å². The quantitative estimate of drug-likeness (QED) is 0.570. The van der Waals surface area contributed by atoms with Crippen LogP contribution < -0.4 is 4.74 Å². The molecular formula is C11H14O. The molecule has 64 valence electrons. The number of hydrogen-bond acceptors (Lipinski definition) is 1. The molecule has 0 atom stereocenters. The molecule has 1 aromatic rings. The fraction of sp³-hybridized carbons (Fsp3) is 0.455. The lowest BCUT2D eigenvalue weighted by atomic mass is 9.94. The molecule has 1 aromatic carbocycles. The average molecular weight is 162 g/mol. The lowest BCUT2D eigenvalue weighted by Gasteiger charge is -2.32. The Hall–Kier alpha value is -0.980. The van der Waals surface area contributed by atoms with E-state index in [-0.39, 0.29) is 5.60 Å². The molecular weight excluding hydrogens is 148 g/mol. The van der Waals surface area contributed by atoms with Gasteiger partial charge in [0.15, 0.2) is 0 Å². The van der Waals surface area contributed by atoms with E-state index in [1.165, 1.54) is 5.56 Å².